The number of fused-ring (bicyclic) bond motifs is 1. The molecular formula is C16H19BrF2N2. The van der Waals surface area contributed by atoms with E-state index in [1.54, 1.807) is 0 Å². The molecule has 0 aliphatic heterocycles. The van der Waals surface area contributed by atoms with Crippen LogP contribution in [0, 0.1) is 11.6 Å². The fourth-order valence-corrected chi connectivity index (χ4v) is 2.60. The van der Waals surface area contributed by atoms with Crippen LogP contribution in [0.15, 0.2) is 16.6 Å². The maximum absolute atomic E-state index is 14.1. The van der Waals surface area contributed by atoms with Crippen molar-refractivity contribution in [2.45, 2.75) is 39.5 Å². The molecule has 0 fully saturated rings. The van der Waals surface area contributed by atoms with E-state index in [9.17, 15) is 8.78 Å². The Kier molecular flexibility index (Phi) is 4.51. The Morgan fingerprint density at radius 3 is 2.43 bits per heavy atom. The van der Waals surface area contributed by atoms with Crippen LogP contribution in [0.5, 0.6) is 0 Å². The van der Waals surface area contributed by atoms with Crippen molar-refractivity contribution in [1.29, 1.82) is 0 Å². The molecule has 1 N–H and O–H groups in total. The van der Waals surface area contributed by atoms with Gasteiger partial charge in [-0.1, -0.05) is 27.7 Å². The molecule has 114 valence electrons. The summed E-state index contributed by atoms with van der Waals surface area (Å²) in [5.74, 6) is -1.26. The third-order valence-corrected chi connectivity index (χ3v) is 4.04. The monoisotopic (exact) mass is 356 g/mol. The van der Waals surface area contributed by atoms with E-state index in [-0.39, 0.29) is 15.4 Å². The minimum Gasteiger partial charge on any atom is -0.384 e. The third-order valence-electron chi connectivity index (χ3n) is 3.26. The highest BCUT2D eigenvalue weighted by Gasteiger charge is 2.22. The molecule has 0 unspecified atom stereocenters. The number of hydrogen-bond donors (Lipinski definition) is 1. The predicted octanol–water partition coefficient (Wildman–Crippen LogP) is 5.39. The van der Waals surface area contributed by atoms with E-state index in [0.717, 1.165) is 24.7 Å². The lowest BCUT2D eigenvalue weighted by molar-refractivity contribution is 0.565. The van der Waals surface area contributed by atoms with Gasteiger partial charge >= 0.3 is 0 Å². The number of halogens is 3. The lowest BCUT2D eigenvalue weighted by Crippen LogP contribution is -2.15. The first-order chi connectivity index (χ1) is 9.75. The maximum Gasteiger partial charge on any atom is 0.152 e. The van der Waals surface area contributed by atoms with Crippen LogP contribution < -0.4 is 5.32 Å². The molecule has 5 heteroatoms. The Morgan fingerprint density at radius 1 is 1.19 bits per heavy atom. The fourth-order valence-electron chi connectivity index (χ4n) is 2.09. The van der Waals surface area contributed by atoms with Crippen molar-refractivity contribution >= 4 is 32.5 Å². The summed E-state index contributed by atoms with van der Waals surface area (Å²) in [5, 5.41) is 3.69. The summed E-state index contributed by atoms with van der Waals surface area (Å²) >= 11 is 3.21. The molecule has 0 bridgehead atoms. The van der Waals surface area contributed by atoms with Crippen molar-refractivity contribution in [3.8, 4) is 0 Å². The molecule has 0 radical (unpaired) electrons. The van der Waals surface area contributed by atoms with Crippen molar-refractivity contribution < 1.29 is 8.78 Å². The van der Waals surface area contributed by atoms with Crippen LogP contribution in [0.4, 0.5) is 14.5 Å². The molecule has 1 aromatic heterocycles. The summed E-state index contributed by atoms with van der Waals surface area (Å²) in [6.07, 6.45) is 0.921. The van der Waals surface area contributed by atoms with E-state index < -0.39 is 11.6 Å². The number of aromatic nitrogens is 1. The second kappa shape index (κ2) is 5.87. The number of pyridine rings is 1. The molecule has 2 aromatic rings. The number of benzene rings is 1. The molecule has 2 nitrogen and oxygen atoms in total. The van der Waals surface area contributed by atoms with Gasteiger partial charge in [-0.05, 0) is 28.4 Å². The summed E-state index contributed by atoms with van der Waals surface area (Å²) in [7, 11) is 0. The highest BCUT2D eigenvalue weighted by atomic mass is 79.9. The Hall–Kier alpha value is -1.23. The van der Waals surface area contributed by atoms with E-state index in [4.69, 9.17) is 0 Å². The highest BCUT2D eigenvalue weighted by Crippen LogP contribution is 2.36. The molecule has 0 spiro atoms. The van der Waals surface area contributed by atoms with Crippen molar-refractivity contribution in [2.75, 3.05) is 11.9 Å². The highest BCUT2D eigenvalue weighted by molar-refractivity contribution is 9.10. The van der Waals surface area contributed by atoms with Crippen molar-refractivity contribution in [1.82, 2.24) is 4.98 Å². The van der Waals surface area contributed by atoms with Gasteiger partial charge in [0.2, 0.25) is 0 Å². The van der Waals surface area contributed by atoms with Gasteiger partial charge in [-0.15, -0.1) is 0 Å². The first kappa shape index (κ1) is 16.1. The first-order valence-electron chi connectivity index (χ1n) is 6.98. The second-order valence-corrected chi connectivity index (χ2v) is 6.90. The van der Waals surface area contributed by atoms with Crippen molar-refractivity contribution in [2.24, 2.45) is 0 Å². The summed E-state index contributed by atoms with van der Waals surface area (Å²) in [6, 6.07) is 2.75. The zero-order valence-corrected chi connectivity index (χ0v) is 14.2. The van der Waals surface area contributed by atoms with Crippen LogP contribution in [0.3, 0.4) is 0 Å². The van der Waals surface area contributed by atoms with Crippen molar-refractivity contribution in [3.05, 3.63) is 33.9 Å². The molecule has 1 heterocycles. The number of hydrogen-bond acceptors (Lipinski definition) is 2. The topological polar surface area (TPSA) is 24.9 Å². The molecule has 0 aliphatic rings. The van der Waals surface area contributed by atoms with Gasteiger partial charge < -0.3 is 5.32 Å². The first-order valence-corrected chi connectivity index (χ1v) is 7.77. The zero-order valence-electron chi connectivity index (χ0n) is 12.7. The average molecular weight is 357 g/mol. The SMILES string of the molecule is CCCNc1cc(C(C)(C)C)nc2c(F)cc(F)c(Br)c12. The van der Waals surface area contributed by atoms with Crippen LogP contribution >= 0.6 is 15.9 Å². The molecule has 0 amide bonds. The maximum atomic E-state index is 14.1. The average Bonchev–Trinajstić information content (AvgIpc) is 2.40. The number of rotatable bonds is 3. The van der Waals surface area contributed by atoms with Gasteiger partial charge in [0.25, 0.3) is 0 Å². The van der Waals surface area contributed by atoms with Gasteiger partial charge in [0.1, 0.15) is 11.3 Å². The molecule has 0 atom stereocenters. The summed E-state index contributed by atoms with van der Waals surface area (Å²) in [5.41, 5.74) is 1.45. The molecular weight excluding hydrogens is 338 g/mol. The van der Waals surface area contributed by atoms with E-state index in [1.165, 1.54) is 0 Å². The van der Waals surface area contributed by atoms with Crippen LogP contribution in [0.25, 0.3) is 10.9 Å². The van der Waals surface area contributed by atoms with E-state index in [2.05, 4.69) is 26.2 Å². The van der Waals surface area contributed by atoms with Gasteiger partial charge in [-0.3, -0.25) is 0 Å². The van der Waals surface area contributed by atoms with Gasteiger partial charge in [-0.25, -0.2) is 13.8 Å². The normalized spacial score (nSPS) is 12.0. The van der Waals surface area contributed by atoms with Crippen molar-refractivity contribution in [3.63, 3.8) is 0 Å². The number of nitrogens with zero attached hydrogens (tertiary/aromatic N) is 1. The minimum absolute atomic E-state index is 0.189. The standard InChI is InChI=1S/C16H19BrF2N2/c1-5-6-20-11-8-12(16(2,3)4)21-15-10(19)7-9(18)14(17)13(11)15/h7-8H,5-6H2,1-4H3,(H,20,21). The molecule has 2 rings (SSSR count). The van der Waals surface area contributed by atoms with Crippen LogP contribution in [-0.2, 0) is 5.41 Å². The van der Waals surface area contributed by atoms with E-state index in [1.807, 2.05) is 33.8 Å². The van der Waals surface area contributed by atoms with Gasteiger partial charge in [-0.2, -0.15) is 0 Å². The Balaban J connectivity index is 2.81. The fraction of sp³-hybridized carbons (Fsp3) is 0.438. The quantitative estimate of drug-likeness (QED) is 0.745. The molecule has 0 saturated heterocycles. The molecule has 21 heavy (non-hydrogen) atoms. The zero-order chi connectivity index (χ0) is 15.8. The summed E-state index contributed by atoms with van der Waals surface area (Å²) < 4.78 is 28.2. The second-order valence-electron chi connectivity index (χ2n) is 6.11. The lowest BCUT2D eigenvalue weighted by atomic mass is 9.90. The summed E-state index contributed by atoms with van der Waals surface area (Å²) in [6.45, 7) is 8.81. The number of nitrogens with one attached hydrogen (secondary N) is 1. The third kappa shape index (κ3) is 3.18. The minimum atomic E-state index is -0.642. The van der Waals surface area contributed by atoms with Gasteiger partial charge in [0.15, 0.2) is 5.82 Å². The molecule has 1 aromatic carbocycles. The van der Waals surface area contributed by atoms with Gasteiger partial charge in [0.05, 0.1) is 4.47 Å². The van der Waals surface area contributed by atoms with Crippen LogP contribution in [0.2, 0.25) is 0 Å². The van der Waals surface area contributed by atoms with E-state index >= 15 is 0 Å². The van der Waals surface area contributed by atoms with Crippen LogP contribution in [0.1, 0.15) is 39.8 Å². The molecule has 0 aliphatic carbocycles. The largest absolute Gasteiger partial charge is 0.384 e. The Bertz CT molecular complexity index is 678. The number of anilines is 1. The Morgan fingerprint density at radius 2 is 1.86 bits per heavy atom. The van der Waals surface area contributed by atoms with Crippen LogP contribution in [-0.4, -0.2) is 11.5 Å². The summed E-state index contributed by atoms with van der Waals surface area (Å²) in [4.78, 5) is 4.41. The lowest BCUT2D eigenvalue weighted by Gasteiger charge is -2.21. The predicted molar refractivity (Wildman–Crippen MR) is 86.8 cm³/mol. The molecule has 0 saturated carbocycles. The van der Waals surface area contributed by atoms with Gasteiger partial charge in [0, 0.05) is 34.8 Å². The smallest absolute Gasteiger partial charge is 0.152 e. The Labute approximate surface area is 132 Å². The van der Waals surface area contributed by atoms with E-state index in [0.29, 0.717) is 11.1 Å².